The zero-order valence-corrected chi connectivity index (χ0v) is 25.6. The first kappa shape index (κ1) is 32.7. The molecule has 4 rings (SSSR count). The molecule has 44 heavy (non-hydrogen) atoms. The minimum absolute atomic E-state index is 0.0128. The fourth-order valence-electron chi connectivity index (χ4n) is 6.25. The number of primary amides is 1. The van der Waals surface area contributed by atoms with E-state index in [1.165, 1.54) is 6.92 Å². The molecule has 2 aliphatic rings. The summed E-state index contributed by atoms with van der Waals surface area (Å²) in [4.78, 5) is 80.8. The highest BCUT2D eigenvalue weighted by Gasteiger charge is 2.34. The van der Waals surface area contributed by atoms with E-state index in [1.54, 1.807) is 11.0 Å². The van der Waals surface area contributed by atoms with Crippen molar-refractivity contribution in [2.45, 2.75) is 95.7 Å². The van der Waals surface area contributed by atoms with Crippen LogP contribution >= 0.6 is 0 Å². The molecule has 1 aromatic carbocycles. The lowest BCUT2D eigenvalue weighted by molar-refractivity contribution is -0.139. The van der Waals surface area contributed by atoms with Gasteiger partial charge >= 0.3 is 0 Å². The first-order valence-electron chi connectivity index (χ1n) is 15.5. The molecule has 5 amide bonds. The lowest BCUT2D eigenvalue weighted by Gasteiger charge is -2.39. The Morgan fingerprint density at radius 3 is 2.32 bits per heavy atom. The molecule has 2 atom stereocenters. The van der Waals surface area contributed by atoms with Gasteiger partial charge in [-0.05, 0) is 50.7 Å². The number of benzene rings is 1. The molecule has 0 bridgehead atoms. The summed E-state index contributed by atoms with van der Waals surface area (Å²) < 4.78 is 0. The van der Waals surface area contributed by atoms with Crippen molar-refractivity contribution in [1.29, 1.82) is 0 Å². The predicted octanol–water partition coefficient (Wildman–Crippen LogP) is 2.07. The quantitative estimate of drug-likeness (QED) is 0.230. The molecular formula is C32H44N6O6. The van der Waals surface area contributed by atoms with Crippen molar-refractivity contribution in [2.24, 2.45) is 11.7 Å². The van der Waals surface area contributed by atoms with Gasteiger partial charge in [0.15, 0.2) is 0 Å². The van der Waals surface area contributed by atoms with Crippen molar-refractivity contribution in [3.63, 3.8) is 0 Å². The summed E-state index contributed by atoms with van der Waals surface area (Å²) in [6.07, 6.45) is 6.33. The Balaban J connectivity index is 1.42. The molecule has 1 saturated carbocycles. The van der Waals surface area contributed by atoms with Crippen molar-refractivity contribution in [1.82, 2.24) is 25.8 Å². The molecule has 238 valence electrons. The van der Waals surface area contributed by atoms with Gasteiger partial charge in [-0.15, -0.1) is 0 Å². The monoisotopic (exact) mass is 608 g/mol. The van der Waals surface area contributed by atoms with Gasteiger partial charge in [-0.25, -0.2) is 0 Å². The number of nitrogens with zero attached hydrogens (tertiary/aromatic N) is 1. The molecule has 2 fully saturated rings. The molecular weight excluding hydrogens is 564 g/mol. The van der Waals surface area contributed by atoms with E-state index in [0.717, 1.165) is 43.0 Å². The number of carbonyl (C=O) groups excluding carboxylic acids is 6. The van der Waals surface area contributed by atoms with Crippen LogP contribution in [0.25, 0.3) is 10.9 Å². The minimum atomic E-state index is -1.32. The molecule has 6 N–H and O–H groups in total. The number of H-pyrrole nitrogens is 1. The maximum atomic E-state index is 13.6. The SMILES string of the molecule is CC(=O)N1CCC(C)(NC(=O)CC[C@H](NC(=O)[C@H](CC2CCCCC2)NC(=O)c2cc3ccccc3[nH]2)C(=O)C(N)=O)CC1. The number of aromatic amines is 1. The van der Waals surface area contributed by atoms with Crippen molar-refractivity contribution < 1.29 is 28.8 Å². The normalized spacial score (nSPS) is 18.2. The van der Waals surface area contributed by atoms with Crippen molar-refractivity contribution >= 4 is 46.2 Å². The lowest BCUT2D eigenvalue weighted by Crippen LogP contribution is -2.55. The standard InChI is InChI=1S/C32H44N6O6/c1-20(39)38-16-14-32(2,15-17-38)37-27(40)13-12-24(28(41)29(33)42)35-30(43)25(18-21-8-4-3-5-9-21)36-31(44)26-19-22-10-6-7-11-23(22)34-26/h6-7,10-11,19,21,24-25,34H,3-5,8-9,12-18H2,1-2H3,(H2,33,42)(H,35,43)(H,36,44)(H,37,40)/t24-,25-/m0/s1. The third-order valence-electron chi connectivity index (χ3n) is 8.98. The maximum absolute atomic E-state index is 13.6. The van der Waals surface area contributed by atoms with Crippen LogP contribution in [0.15, 0.2) is 30.3 Å². The van der Waals surface area contributed by atoms with Crippen LogP contribution in [-0.4, -0.2) is 75.9 Å². The van der Waals surface area contributed by atoms with Gasteiger partial charge in [0.25, 0.3) is 11.8 Å². The maximum Gasteiger partial charge on any atom is 0.287 e. The fourth-order valence-corrected chi connectivity index (χ4v) is 6.25. The van der Waals surface area contributed by atoms with Crippen LogP contribution in [0.3, 0.4) is 0 Å². The number of aromatic nitrogens is 1. The van der Waals surface area contributed by atoms with E-state index in [2.05, 4.69) is 20.9 Å². The van der Waals surface area contributed by atoms with Crippen LogP contribution in [0.2, 0.25) is 0 Å². The second-order valence-electron chi connectivity index (χ2n) is 12.5. The van der Waals surface area contributed by atoms with Crippen LogP contribution < -0.4 is 21.7 Å². The number of likely N-dealkylation sites (tertiary alicyclic amines) is 1. The van der Waals surface area contributed by atoms with E-state index in [4.69, 9.17) is 5.73 Å². The van der Waals surface area contributed by atoms with E-state index in [0.29, 0.717) is 38.0 Å². The number of nitrogens with two attached hydrogens (primary N) is 1. The highest BCUT2D eigenvalue weighted by atomic mass is 16.2. The topological polar surface area (TPSA) is 184 Å². The molecule has 1 aromatic heterocycles. The van der Waals surface area contributed by atoms with Gasteiger partial charge in [0.05, 0.1) is 6.04 Å². The summed E-state index contributed by atoms with van der Waals surface area (Å²) in [5, 5.41) is 9.30. The number of hydrogen-bond donors (Lipinski definition) is 5. The third kappa shape index (κ3) is 8.67. The number of fused-ring (bicyclic) bond motifs is 1. The summed E-state index contributed by atoms with van der Waals surface area (Å²) >= 11 is 0. The molecule has 2 heterocycles. The Hall–Kier alpha value is -4.22. The van der Waals surface area contributed by atoms with Crippen molar-refractivity contribution in [3.8, 4) is 0 Å². The van der Waals surface area contributed by atoms with Crippen LogP contribution in [0.4, 0.5) is 0 Å². The molecule has 12 heteroatoms. The smallest absolute Gasteiger partial charge is 0.287 e. The molecule has 0 spiro atoms. The fraction of sp³-hybridized carbons (Fsp3) is 0.562. The molecule has 0 unspecified atom stereocenters. The number of nitrogens with one attached hydrogen (secondary N) is 4. The van der Waals surface area contributed by atoms with E-state index >= 15 is 0 Å². The Labute approximate surface area is 257 Å². The second kappa shape index (κ2) is 14.5. The largest absolute Gasteiger partial charge is 0.363 e. The summed E-state index contributed by atoms with van der Waals surface area (Å²) in [7, 11) is 0. The number of rotatable bonds is 12. The molecule has 12 nitrogen and oxygen atoms in total. The third-order valence-corrected chi connectivity index (χ3v) is 8.98. The number of piperidine rings is 1. The highest BCUT2D eigenvalue weighted by molar-refractivity contribution is 6.37. The minimum Gasteiger partial charge on any atom is -0.363 e. The van der Waals surface area contributed by atoms with Crippen LogP contribution in [-0.2, 0) is 24.0 Å². The lowest BCUT2D eigenvalue weighted by atomic mass is 9.84. The van der Waals surface area contributed by atoms with E-state index in [1.807, 2.05) is 31.2 Å². The number of ketones is 1. The van der Waals surface area contributed by atoms with Crippen molar-refractivity contribution in [3.05, 3.63) is 36.0 Å². The number of amides is 5. The first-order valence-corrected chi connectivity index (χ1v) is 15.5. The summed E-state index contributed by atoms with van der Waals surface area (Å²) in [6, 6.07) is 6.88. The average Bonchev–Trinajstić information content (AvgIpc) is 3.43. The number of hydrogen-bond acceptors (Lipinski definition) is 6. The summed E-state index contributed by atoms with van der Waals surface area (Å²) in [6.45, 7) is 4.47. The number of Topliss-reactive ketones (excluding diaryl/α,β-unsaturated/α-hetero) is 1. The Kier molecular flexibility index (Phi) is 10.8. The average molecular weight is 609 g/mol. The molecule has 0 radical (unpaired) electrons. The van der Waals surface area contributed by atoms with Crippen LogP contribution in [0.5, 0.6) is 0 Å². The Morgan fingerprint density at radius 2 is 1.68 bits per heavy atom. The zero-order valence-electron chi connectivity index (χ0n) is 25.6. The van der Waals surface area contributed by atoms with Gasteiger partial charge < -0.3 is 31.6 Å². The first-order chi connectivity index (χ1) is 20.9. The Morgan fingerprint density at radius 1 is 1.00 bits per heavy atom. The van der Waals surface area contributed by atoms with Gasteiger partial charge in [-0.3, -0.25) is 28.8 Å². The van der Waals surface area contributed by atoms with Gasteiger partial charge in [0, 0.05) is 42.9 Å². The van der Waals surface area contributed by atoms with E-state index < -0.39 is 41.1 Å². The van der Waals surface area contributed by atoms with Gasteiger partial charge in [0.1, 0.15) is 11.7 Å². The summed E-state index contributed by atoms with van der Waals surface area (Å²) in [5.74, 6) is -3.43. The molecule has 2 aromatic rings. The van der Waals surface area contributed by atoms with Crippen LogP contribution in [0, 0.1) is 5.92 Å². The predicted molar refractivity (Wildman–Crippen MR) is 164 cm³/mol. The van der Waals surface area contributed by atoms with E-state index in [9.17, 15) is 28.8 Å². The molecule has 1 aliphatic heterocycles. The number of carbonyl (C=O) groups is 6. The Bertz CT molecular complexity index is 1360. The summed E-state index contributed by atoms with van der Waals surface area (Å²) in [5.41, 5.74) is 5.87. The van der Waals surface area contributed by atoms with E-state index in [-0.39, 0.29) is 30.6 Å². The van der Waals surface area contributed by atoms with Crippen molar-refractivity contribution in [2.75, 3.05) is 13.1 Å². The molecule has 1 aliphatic carbocycles. The van der Waals surface area contributed by atoms with Crippen LogP contribution in [0.1, 0.15) is 88.5 Å². The highest BCUT2D eigenvalue weighted by Crippen LogP contribution is 2.28. The zero-order chi connectivity index (χ0) is 31.9. The van der Waals surface area contributed by atoms with Gasteiger partial charge in [0.2, 0.25) is 23.5 Å². The van der Waals surface area contributed by atoms with Gasteiger partial charge in [-0.2, -0.15) is 0 Å². The number of para-hydroxylation sites is 1. The second-order valence-corrected chi connectivity index (χ2v) is 12.5. The molecule has 1 saturated heterocycles. The van der Waals surface area contributed by atoms with Gasteiger partial charge in [-0.1, -0.05) is 50.3 Å².